The minimum atomic E-state index is -0.971. The van der Waals surface area contributed by atoms with Crippen LogP contribution in [0.15, 0.2) is 72.8 Å². The molecule has 8 nitrogen and oxygen atoms in total. The molecule has 43 heavy (non-hydrogen) atoms. The summed E-state index contributed by atoms with van der Waals surface area (Å²) in [7, 11) is 1.31. The number of carbonyl (C=O) groups excluding carboxylic acids is 3. The van der Waals surface area contributed by atoms with Crippen LogP contribution in [0.5, 0.6) is 0 Å². The Kier molecular flexibility index (Phi) is 10.6. The highest BCUT2D eigenvalue weighted by Gasteiger charge is 2.38. The zero-order valence-corrected chi connectivity index (χ0v) is 25.5. The zero-order chi connectivity index (χ0) is 31.0. The molecule has 2 amide bonds. The summed E-state index contributed by atoms with van der Waals surface area (Å²) >= 11 is 6.40. The molecule has 1 saturated heterocycles. The van der Waals surface area contributed by atoms with Crippen LogP contribution in [0.25, 0.3) is 11.1 Å². The minimum Gasteiger partial charge on any atom is -0.465 e. The maximum Gasteiger partial charge on any atom is 0.337 e. The number of hydrogen-bond acceptors (Lipinski definition) is 6. The first-order valence-corrected chi connectivity index (χ1v) is 14.9. The second kappa shape index (κ2) is 14.3. The summed E-state index contributed by atoms with van der Waals surface area (Å²) in [5, 5.41) is 16.4. The second-order valence-corrected chi connectivity index (χ2v) is 11.4. The van der Waals surface area contributed by atoms with Crippen molar-refractivity contribution in [1.29, 1.82) is 5.26 Å². The number of halogens is 1. The van der Waals surface area contributed by atoms with Gasteiger partial charge >= 0.3 is 5.97 Å². The summed E-state index contributed by atoms with van der Waals surface area (Å²) in [5.41, 5.74) is 2.15. The van der Waals surface area contributed by atoms with Gasteiger partial charge in [-0.05, 0) is 73.2 Å². The van der Waals surface area contributed by atoms with Crippen LogP contribution in [0.4, 0.5) is 0 Å². The highest BCUT2D eigenvalue weighted by atomic mass is 35.5. The fourth-order valence-corrected chi connectivity index (χ4v) is 5.60. The molecule has 3 aromatic carbocycles. The lowest BCUT2D eigenvalue weighted by molar-refractivity contribution is -0.125. The largest absolute Gasteiger partial charge is 0.465 e. The van der Waals surface area contributed by atoms with E-state index in [-0.39, 0.29) is 11.8 Å². The third-order valence-electron chi connectivity index (χ3n) is 8.16. The minimum absolute atomic E-state index is 0.0242. The van der Waals surface area contributed by atoms with Gasteiger partial charge in [-0.25, -0.2) is 4.79 Å². The fraction of sp³-hybridized carbons (Fsp3) is 0.353. The Hall–Kier alpha value is -4.19. The van der Waals surface area contributed by atoms with E-state index in [2.05, 4.69) is 28.5 Å². The predicted molar refractivity (Wildman–Crippen MR) is 167 cm³/mol. The van der Waals surface area contributed by atoms with Gasteiger partial charge in [0.25, 0.3) is 5.91 Å². The summed E-state index contributed by atoms with van der Waals surface area (Å²) < 4.78 is 4.81. The topological polar surface area (TPSA) is 112 Å². The number of hydrogen-bond donors (Lipinski definition) is 2. The van der Waals surface area contributed by atoms with Crippen LogP contribution in [0.1, 0.15) is 65.3 Å². The Labute approximate surface area is 258 Å². The standard InChI is InChI=1S/C34H37ClN4O4/c1-4-39-18-16-34(22-36,17-19-39)38-32(41)30(20-23(2)24-8-6-5-7-9-24)37-31(40)26-12-10-25(11-13-26)28-21-27(33(42)43-3)14-15-29(28)35/h5-15,21,23,30H,4,16-20H2,1-3H3,(H,37,40)(H,38,41). The van der Waals surface area contributed by atoms with Crippen molar-refractivity contribution < 1.29 is 19.1 Å². The highest BCUT2D eigenvalue weighted by Crippen LogP contribution is 2.30. The SMILES string of the molecule is CCN1CCC(C#N)(NC(=O)C(CC(C)c2ccccc2)NC(=O)c2ccc(-c3cc(C(=O)OC)ccc3Cl)cc2)CC1. The molecular weight excluding hydrogens is 564 g/mol. The first kappa shape index (κ1) is 31.7. The molecule has 2 atom stereocenters. The van der Waals surface area contributed by atoms with Gasteiger partial charge in [0.15, 0.2) is 0 Å². The predicted octanol–water partition coefficient (Wildman–Crippen LogP) is 5.58. The third kappa shape index (κ3) is 7.81. The Morgan fingerprint density at radius 2 is 1.67 bits per heavy atom. The monoisotopic (exact) mass is 600 g/mol. The molecule has 9 heteroatoms. The van der Waals surface area contributed by atoms with Crippen molar-refractivity contribution in [1.82, 2.24) is 15.5 Å². The molecule has 0 aliphatic carbocycles. The number of amides is 2. The summed E-state index contributed by atoms with van der Waals surface area (Å²) in [6, 6.07) is 23.0. The van der Waals surface area contributed by atoms with E-state index < -0.39 is 23.5 Å². The molecule has 3 aromatic rings. The number of benzene rings is 3. The van der Waals surface area contributed by atoms with Gasteiger partial charge in [0, 0.05) is 29.2 Å². The van der Waals surface area contributed by atoms with E-state index in [1.807, 2.05) is 37.3 Å². The van der Waals surface area contributed by atoms with Gasteiger partial charge in [-0.2, -0.15) is 5.26 Å². The summed E-state index contributed by atoms with van der Waals surface area (Å²) in [5.74, 6) is -1.28. The quantitative estimate of drug-likeness (QED) is 0.294. The lowest BCUT2D eigenvalue weighted by atomic mass is 9.87. The molecule has 1 heterocycles. The van der Waals surface area contributed by atoms with Crippen molar-refractivity contribution in [3.8, 4) is 17.2 Å². The number of methoxy groups -OCH3 is 1. The zero-order valence-electron chi connectivity index (χ0n) is 24.7. The van der Waals surface area contributed by atoms with Crippen molar-refractivity contribution in [2.75, 3.05) is 26.7 Å². The Morgan fingerprint density at radius 1 is 1.02 bits per heavy atom. The maximum atomic E-state index is 13.7. The summed E-state index contributed by atoms with van der Waals surface area (Å²) in [6.45, 7) is 6.43. The number of nitrogens with zero attached hydrogens (tertiary/aromatic N) is 2. The van der Waals surface area contributed by atoms with Gasteiger partial charge in [-0.15, -0.1) is 0 Å². The molecule has 4 rings (SSSR count). The average Bonchev–Trinajstić information content (AvgIpc) is 3.05. The van der Waals surface area contributed by atoms with E-state index in [1.165, 1.54) is 7.11 Å². The lowest BCUT2D eigenvalue weighted by Crippen LogP contribution is -2.59. The number of nitriles is 1. The molecule has 0 saturated carbocycles. The Balaban J connectivity index is 1.54. The molecule has 1 aliphatic heterocycles. The van der Waals surface area contributed by atoms with E-state index in [0.29, 0.717) is 46.5 Å². The summed E-state index contributed by atoms with van der Waals surface area (Å²) in [4.78, 5) is 41.4. The number of rotatable bonds is 10. The van der Waals surface area contributed by atoms with E-state index >= 15 is 0 Å². The molecule has 2 N–H and O–H groups in total. The second-order valence-electron chi connectivity index (χ2n) is 11.0. The van der Waals surface area contributed by atoms with Crippen LogP contribution in [0, 0.1) is 11.3 Å². The van der Waals surface area contributed by atoms with Crippen molar-refractivity contribution in [2.24, 2.45) is 0 Å². The van der Waals surface area contributed by atoms with Crippen LogP contribution in [0.2, 0.25) is 5.02 Å². The van der Waals surface area contributed by atoms with Crippen molar-refractivity contribution in [2.45, 2.75) is 50.6 Å². The van der Waals surface area contributed by atoms with Crippen LogP contribution in [0.3, 0.4) is 0 Å². The maximum absolute atomic E-state index is 13.7. The van der Waals surface area contributed by atoms with E-state index in [0.717, 1.165) is 25.2 Å². The molecule has 0 aromatic heterocycles. The van der Waals surface area contributed by atoms with E-state index in [4.69, 9.17) is 16.3 Å². The van der Waals surface area contributed by atoms with Gasteiger partial charge in [0.2, 0.25) is 5.91 Å². The van der Waals surface area contributed by atoms with Gasteiger partial charge in [-0.1, -0.05) is 67.9 Å². The molecule has 1 aliphatic rings. The Morgan fingerprint density at radius 3 is 2.28 bits per heavy atom. The van der Waals surface area contributed by atoms with Crippen molar-refractivity contribution >= 4 is 29.4 Å². The molecule has 0 bridgehead atoms. The first-order chi connectivity index (χ1) is 20.7. The number of likely N-dealkylation sites (tertiary alicyclic amines) is 1. The number of esters is 1. The van der Waals surface area contributed by atoms with Gasteiger partial charge < -0.3 is 20.3 Å². The molecule has 224 valence electrons. The van der Waals surface area contributed by atoms with Crippen LogP contribution >= 0.6 is 11.6 Å². The fourth-order valence-electron chi connectivity index (χ4n) is 5.38. The van der Waals surface area contributed by atoms with E-state index in [9.17, 15) is 19.6 Å². The molecule has 2 unspecified atom stereocenters. The number of ether oxygens (including phenoxy) is 1. The normalized spacial score (nSPS) is 15.9. The van der Waals surface area contributed by atoms with Crippen LogP contribution < -0.4 is 10.6 Å². The first-order valence-electron chi connectivity index (χ1n) is 14.5. The van der Waals surface area contributed by atoms with Crippen molar-refractivity contribution in [3.05, 3.63) is 94.5 Å². The number of carbonyl (C=O) groups is 3. The number of piperidine rings is 1. The average molecular weight is 601 g/mol. The van der Waals surface area contributed by atoms with Crippen LogP contribution in [-0.2, 0) is 9.53 Å². The van der Waals surface area contributed by atoms with Gasteiger partial charge in [0.05, 0.1) is 18.7 Å². The van der Waals surface area contributed by atoms with Crippen LogP contribution in [-0.4, -0.2) is 61.0 Å². The third-order valence-corrected chi connectivity index (χ3v) is 8.49. The van der Waals surface area contributed by atoms with Gasteiger partial charge in [0.1, 0.15) is 11.6 Å². The summed E-state index contributed by atoms with van der Waals surface area (Å²) in [6.07, 6.45) is 1.41. The molecule has 0 spiro atoms. The highest BCUT2D eigenvalue weighted by molar-refractivity contribution is 6.33. The van der Waals surface area contributed by atoms with E-state index in [1.54, 1.807) is 42.5 Å². The molecular formula is C34H37ClN4O4. The van der Waals surface area contributed by atoms with Gasteiger partial charge in [-0.3, -0.25) is 9.59 Å². The lowest BCUT2D eigenvalue weighted by Gasteiger charge is -2.38. The smallest absolute Gasteiger partial charge is 0.337 e. The molecule has 1 fully saturated rings. The van der Waals surface area contributed by atoms with Crippen molar-refractivity contribution in [3.63, 3.8) is 0 Å². The number of nitrogens with one attached hydrogen (secondary N) is 2. The molecule has 0 radical (unpaired) electrons. The Bertz CT molecular complexity index is 1480.